The van der Waals surface area contributed by atoms with Gasteiger partial charge in [0.25, 0.3) is 0 Å². The summed E-state index contributed by atoms with van der Waals surface area (Å²) in [5, 5.41) is 3.35. The third-order valence-corrected chi connectivity index (χ3v) is 5.04. The molecule has 30 heavy (non-hydrogen) atoms. The third kappa shape index (κ3) is 5.51. The molecule has 0 saturated heterocycles. The highest BCUT2D eigenvalue weighted by Gasteiger charge is 2.15. The quantitative estimate of drug-likeness (QED) is 0.471. The highest BCUT2D eigenvalue weighted by Crippen LogP contribution is 2.25. The predicted octanol–water partition coefficient (Wildman–Crippen LogP) is 5.71. The van der Waals surface area contributed by atoms with Gasteiger partial charge in [-0.2, -0.15) is 0 Å². The van der Waals surface area contributed by atoms with Gasteiger partial charge < -0.3 is 14.6 Å². The maximum atomic E-state index is 12.3. The summed E-state index contributed by atoms with van der Waals surface area (Å²) in [6.07, 6.45) is 2.75. The molecule has 0 aliphatic carbocycles. The van der Waals surface area contributed by atoms with Crippen molar-refractivity contribution in [1.82, 2.24) is 4.57 Å². The standard InChI is InChI=1S/C24H25ClN2O3/c1-3-30-24(29)19-15-22(18-12-10-17(2)11-13-18)27(16-19)14-6-9-23(28)26-21-8-5-4-7-20(21)25/h4-5,7-8,10-13,15-16H,3,6,9,14H2,1-2H3,(H,26,28). The van der Waals surface area contributed by atoms with Gasteiger partial charge in [0.1, 0.15) is 0 Å². The smallest absolute Gasteiger partial charge is 0.339 e. The van der Waals surface area contributed by atoms with E-state index in [1.807, 2.05) is 54.0 Å². The number of aromatic nitrogens is 1. The molecule has 6 heteroatoms. The third-order valence-electron chi connectivity index (χ3n) is 4.71. The van der Waals surface area contributed by atoms with Gasteiger partial charge in [0.05, 0.1) is 22.9 Å². The van der Waals surface area contributed by atoms with Gasteiger partial charge in [-0.3, -0.25) is 4.79 Å². The maximum Gasteiger partial charge on any atom is 0.339 e. The summed E-state index contributed by atoms with van der Waals surface area (Å²) in [7, 11) is 0. The SMILES string of the molecule is CCOC(=O)c1cc(-c2ccc(C)cc2)n(CCCC(=O)Nc2ccccc2Cl)c1. The normalized spacial score (nSPS) is 10.6. The number of ether oxygens (including phenoxy) is 1. The van der Waals surface area contributed by atoms with E-state index in [0.717, 1.165) is 11.3 Å². The average Bonchev–Trinajstić information content (AvgIpc) is 3.15. The number of hydrogen-bond donors (Lipinski definition) is 1. The number of esters is 1. The number of halogens is 1. The molecule has 0 aliphatic heterocycles. The molecule has 1 heterocycles. The number of carbonyl (C=O) groups excluding carboxylic acids is 2. The van der Waals surface area contributed by atoms with Crippen LogP contribution in [-0.2, 0) is 16.1 Å². The van der Waals surface area contributed by atoms with Gasteiger partial charge in [-0.1, -0.05) is 53.6 Å². The van der Waals surface area contributed by atoms with Crippen LogP contribution in [0.3, 0.4) is 0 Å². The molecular weight excluding hydrogens is 400 g/mol. The van der Waals surface area contributed by atoms with Crippen molar-refractivity contribution in [2.24, 2.45) is 0 Å². The Kier molecular flexibility index (Phi) is 7.31. The Balaban J connectivity index is 1.70. The van der Waals surface area contributed by atoms with Gasteiger partial charge >= 0.3 is 5.97 Å². The van der Waals surface area contributed by atoms with Crippen LogP contribution in [-0.4, -0.2) is 23.1 Å². The van der Waals surface area contributed by atoms with E-state index >= 15 is 0 Å². The lowest BCUT2D eigenvalue weighted by Gasteiger charge is -2.10. The topological polar surface area (TPSA) is 60.3 Å². The van der Waals surface area contributed by atoms with Crippen LogP contribution < -0.4 is 5.32 Å². The van der Waals surface area contributed by atoms with Gasteiger partial charge in [0.2, 0.25) is 5.91 Å². The molecule has 1 N–H and O–H groups in total. The zero-order valence-electron chi connectivity index (χ0n) is 17.2. The number of hydrogen-bond acceptors (Lipinski definition) is 3. The van der Waals surface area contributed by atoms with Crippen molar-refractivity contribution in [1.29, 1.82) is 0 Å². The summed E-state index contributed by atoms with van der Waals surface area (Å²) < 4.78 is 7.14. The van der Waals surface area contributed by atoms with Crippen LogP contribution in [0.1, 0.15) is 35.7 Å². The number of nitrogens with one attached hydrogen (secondary N) is 1. The monoisotopic (exact) mass is 424 g/mol. The van der Waals surface area contributed by atoms with E-state index in [1.165, 1.54) is 5.56 Å². The Morgan fingerprint density at radius 3 is 2.53 bits per heavy atom. The fourth-order valence-corrected chi connectivity index (χ4v) is 3.36. The lowest BCUT2D eigenvalue weighted by atomic mass is 10.1. The molecular formula is C24H25ClN2O3. The minimum Gasteiger partial charge on any atom is -0.462 e. The van der Waals surface area contributed by atoms with E-state index in [-0.39, 0.29) is 11.9 Å². The van der Waals surface area contributed by atoms with Crippen LogP contribution in [0.4, 0.5) is 5.69 Å². The van der Waals surface area contributed by atoms with Gasteiger partial charge in [-0.05, 0) is 44.0 Å². The minimum absolute atomic E-state index is 0.0993. The first-order chi connectivity index (χ1) is 14.5. The van der Waals surface area contributed by atoms with E-state index in [1.54, 1.807) is 25.3 Å². The molecule has 3 rings (SSSR count). The first kappa shape index (κ1) is 21.7. The molecule has 0 saturated carbocycles. The fraction of sp³-hybridized carbons (Fsp3) is 0.250. The van der Waals surface area contributed by atoms with Crippen molar-refractivity contribution in [3.8, 4) is 11.3 Å². The predicted molar refractivity (Wildman–Crippen MR) is 120 cm³/mol. The van der Waals surface area contributed by atoms with Crippen LogP contribution in [0.2, 0.25) is 5.02 Å². The molecule has 0 atom stereocenters. The molecule has 1 amide bonds. The molecule has 5 nitrogen and oxygen atoms in total. The van der Waals surface area contributed by atoms with E-state index in [2.05, 4.69) is 5.32 Å². The first-order valence-corrected chi connectivity index (χ1v) is 10.3. The maximum absolute atomic E-state index is 12.3. The Hall–Kier alpha value is -3.05. The summed E-state index contributed by atoms with van der Waals surface area (Å²) in [6, 6.07) is 17.1. The number of nitrogens with zero attached hydrogens (tertiary/aromatic N) is 1. The van der Waals surface area contributed by atoms with E-state index in [9.17, 15) is 9.59 Å². The second-order valence-corrected chi connectivity index (χ2v) is 7.43. The second-order valence-electron chi connectivity index (χ2n) is 7.03. The van der Waals surface area contributed by atoms with E-state index in [4.69, 9.17) is 16.3 Å². The average molecular weight is 425 g/mol. The molecule has 0 unspecified atom stereocenters. The Morgan fingerprint density at radius 2 is 1.83 bits per heavy atom. The molecule has 0 radical (unpaired) electrons. The van der Waals surface area contributed by atoms with Crippen LogP contribution in [0.5, 0.6) is 0 Å². The zero-order chi connectivity index (χ0) is 21.5. The summed E-state index contributed by atoms with van der Waals surface area (Å²) in [4.78, 5) is 24.5. The van der Waals surface area contributed by atoms with Crippen molar-refractivity contribution in [2.45, 2.75) is 33.2 Å². The van der Waals surface area contributed by atoms with Crippen LogP contribution in [0.25, 0.3) is 11.3 Å². The minimum atomic E-state index is -0.346. The Morgan fingerprint density at radius 1 is 1.10 bits per heavy atom. The van der Waals surface area contributed by atoms with Crippen molar-refractivity contribution in [2.75, 3.05) is 11.9 Å². The number of rotatable bonds is 8. The number of amides is 1. The molecule has 0 fully saturated rings. The number of para-hydroxylation sites is 1. The van der Waals surface area contributed by atoms with Gasteiger partial charge in [-0.15, -0.1) is 0 Å². The van der Waals surface area contributed by atoms with Crippen molar-refractivity contribution in [3.63, 3.8) is 0 Å². The van der Waals surface area contributed by atoms with E-state index in [0.29, 0.717) is 42.3 Å². The Labute approximate surface area is 181 Å². The summed E-state index contributed by atoms with van der Waals surface area (Å²) >= 11 is 6.09. The summed E-state index contributed by atoms with van der Waals surface area (Å²) in [5.41, 5.74) is 4.21. The van der Waals surface area contributed by atoms with Crippen LogP contribution in [0.15, 0.2) is 60.8 Å². The highest BCUT2D eigenvalue weighted by atomic mass is 35.5. The summed E-state index contributed by atoms with van der Waals surface area (Å²) in [6.45, 7) is 4.74. The Bertz CT molecular complexity index is 1030. The van der Waals surface area contributed by atoms with Crippen molar-refractivity contribution < 1.29 is 14.3 Å². The second kappa shape index (κ2) is 10.1. The first-order valence-electron chi connectivity index (χ1n) is 9.96. The van der Waals surface area contributed by atoms with Crippen molar-refractivity contribution >= 4 is 29.2 Å². The lowest BCUT2D eigenvalue weighted by Crippen LogP contribution is -2.12. The number of carbonyl (C=O) groups is 2. The van der Waals surface area contributed by atoms with Crippen molar-refractivity contribution in [3.05, 3.63) is 76.9 Å². The molecule has 156 valence electrons. The molecule has 0 aliphatic rings. The molecule has 3 aromatic rings. The molecule has 0 bridgehead atoms. The van der Waals surface area contributed by atoms with E-state index < -0.39 is 0 Å². The van der Waals surface area contributed by atoms with Gasteiger partial charge in [0.15, 0.2) is 0 Å². The zero-order valence-corrected chi connectivity index (χ0v) is 17.9. The van der Waals surface area contributed by atoms with Gasteiger partial charge in [0, 0.05) is 24.9 Å². The lowest BCUT2D eigenvalue weighted by molar-refractivity contribution is -0.116. The number of anilines is 1. The molecule has 0 spiro atoms. The molecule has 1 aromatic heterocycles. The fourth-order valence-electron chi connectivity index (χ4n) is 3.17. The number of aryl methyl sites for hydroxylation is 2. The van der Waals surface area contributed by atoms with Gasteiger partial charge in [-0.25, -0.2) is 4.79 Å². The molecule has 2 aromatic carbocycles. The number of benzene rings is 2. The largest absolute Gasteiger partial charge is 0.462 e. The highest BCUT2D eigenvalue weighted by molar-refractivity contribution is 6.33. The summed E-state index contributed by atoms with van der Waals surface area (Å²) in [5.74, 6) is -0.446. The van der Waals surface area contributed by atoms with Crippen LogP contribution in [0, 0.1) is 6.92 Å². The van der Waals surface area contributed by atoms with Crippen LogP contribution >= 0.6 is 11.6 Å².